The fourth-order valence-electron chi connectivity index (χ4n) is 2.51. The molecule has 2 aliphatic heterocycles. The van der Waals surface area contributed by atoms with Crippen LogP contribution in [-0.4, -0.2) is 59.3 Å². The molecule has 0 bridgehead atoms. The molecule has 0 spiro atoms. The minimum atomic E-state index is -4.86. The fraction of sp³-hybridized carbons (Fsp3) is 0.833. The molecule has 0 N–H and O–H groups in total. The summed E-state index contributed by atoms with van der Waals surface area (Å²) >= 11 is 0. The van der Waals surface area contributed by atoms with Crippen LogP contribution < -0.4 is 0 Å². The van der Waals surface area contributed by atoms with Gasteiger partial charge in [0.1, 0.15) is 5.60 Å². The van der Waals surface area contributed by atoms with Crippen LogP contribution in [0.25, 0.3) is 0 Å². The van der Waals surface area contributed by atoms with Gasteiger partial charge in [-0.15, -0.1) is 0 Å². The third-order valence-electron chi connectivity index (χ3n) is 3.39. The first-order valence-corrected chi connectivity index (χ1v) is 6.35. The number of hydrogen-bond acceptors (Lipinski definition) is 3. The number of nitrogens with zero attached hydrogens (tertiary/aromatic N) is 2. The minimum absolute atomic E-state index is 0.0440. The maximum atomic E-state index is 12.4. The van der Waals surface area contributed by atoms with E-state index in [1.807, 2.05) is 0 Å². The second kappa shape index (κ2) is 4.53. The van der Waals surface area contributed by atoms with E-state index in [2.05, 4.69) is 0 Å². The fourth-order valence-corrected chi connectivity index (χ4v) is 2.51. The van der Waals surface area contributed by atoms with E-state index in [-0.39, 0.29) is 19.0 Å². The predicted molar refractivity (Wildman–Crippen MR) is 62.9 cm³/mol. The molecule has 20 heavy (non-hydrogen) atoms. The maximum Gasteiger partial charge on any atom is 0.471 e. The number of carbonyl (C=O) groups excluding carboxylic acids is 2. The molecule has 0 aliphatic carbocycles. The summed E-state index contributed by atoms with van der Waals surface area (Å²) in [5, 5.41) is 0. The van der Waals surface area contributed by atoms with Gasteiger partial charge >= 0.3 is 18.2 Å². The Morgan fingerprint density at radius 1 is 1.10 bits per heavy atom. The highest BCUT2D eigenvalue weighted by atomic mass is 19.4. The molecule has 0 radical (unpaired) electrons. The maximum absolute atomic E-state index is 12.4. The van der Waals surface area contributed by atoms with Crippen molar-refractivity contribution in [2.75, 3.05) is 19.6 Å². The summed E-state index contributed by atoms with van der Waals surface area (Å²) in [5.74, 6) is -1.92. The monoisotopic (exact) mass is 294 g/mol. The van der Waals surface area contributed by atoms with Gasteiger partial charge in [0.15, 0.2) is 0 Å². The van der Waals surface area contributed by atoms with Crippen molar-refractivity contribution in [1.29, 1.82) is 0 Å². The smallest absolute Gasteiger partial charge is 0.444 e. The Balaban J connectivity index is 1.94. The van der Waals surface area contributed by atoms with Crippen LogP contribution in [0.1, 0.15) is 20.8 Å². The van der Waals surface area contributed by atoms with Crippen LogP contribution in [0.3, 0.4) is 0 Å². The summed E-state index contributed by atoms with van der Waals surface area (Å²) in [4.78, 5) is 25.1. The lowest BCUT2D eigenvalue weighted by molar-refractivity contribution is -0.195. The van der Waals surface area contributed by atoms with Crippen LogP contribution in [0, 0.1) is 5.92 Å². The second-order valence-electron chi connectivity index (χ2n) is 6.17. The first-order chi connectivity index (χ1) is 8.99. The van der Waals surface area contributed by atoms with Crippen molar-refractivity contribution >= 4 is 12.0 Å². The Hall–Kier alpha value is -1.47. The lowest BCUT2D eigenvalue weighted by Crippen LogP contribution is -2.61. The topological polar surface area (TPSA) is 49.9 Å². The number of carbonyl (C=O) groups is 2. The van der Waals surface area contributed by atoms with E-state index in [4.69, 9.17) is 4.74 Å². The summed E-state index contributed by atoms with van der Waals surface area (Å²) < 4.78 is 42.2. The van der Waals surface area contributed by atoms with Crippen molar-refractivity contribution in [2.24, 2.45) is 5.92 Å². The molecule has 2 heterocycles. The van der Waals surface area contributed by atoms with Crippen molar-refractivity contribution in [2.45, 2.75) is 38.6 Å². The number of rotatable bonds is 0. The van der Waals surface area contributed by atoms with E-state index in [0.717, 1.165) is 4.90 Å². The lowest BCUT2D eigenvalue weighted by Gasteiger charge is -2.43. The standard InChI is InChI=1S/C12H17F3N2O3/c1-11(2,3)20-10(19)16-4-7-5-17(8(7)6-16)9(18)12(13,14)15/h7-8H,4-6H2,1-3H3/t7-,8-/m1/s1. The van der Waals surface area contributed by atoms with E-state index in [1.54, 1.807) is 20.8 Å². The average Bonchev–Trinajstić information content (AvgIpc) is 2.53. The van der Waals surface area contributed by atoms with E-state index in [9.17, 15) is 22.8 Å². The number of halogens is 3. The summed E-state index contributed by atoms with van der Waals surface area (Å²) in [5.41, 5.74) is -0.653. The van der Waals surface area contributed by atoms with Crippen molar-refractivity contribution in [3.8, 4) is 0 Å². The van der Waals surface area contributed by atoms with Gasteiger partial charge in [-0.3, -0.25) is 4.79 Å². The Labute approximate surface area is 114 Å². The van der Waals surface area contributed by atoms with Crippen LogP contribution in [0.2, 0.25) is 0 Å². The number of likely N-dealkylation sites (tertiary alicyclic amines) is 2. The summed E-state index contributed by atoms with van der Waals surface area (Å²) in [6.45, 7) is 5.63. The lowest BCUT2D eigenvalue weighted by atomic mass is 9.92. The zero-order valence-corrected chi connectivity index (χ0v) is 11.5. The SMILES string of the molecule is CC(C)(C)OC(=O)N1C[C@@H]2CN(C(=O)C(F)(F)F)[C@@H]2C1. The van der Waals surface area contributed by atoms with E-state index in [0.29, 0.717) is 6.54 Å². The molecule has 2 fully saturated rings. The van der Waals surface area contributed by atoms with Gasteiger partial charge in [0.25, 0.3) is 0 Å². The third-order valence-corrected chi connectivity index (χ3v) is 3.39. The van der Waals surface area contributed by atoms with Crippen LogP contribution in [0.15, 0.2) is 0 Å². The molecule has 2 rings (SSSR count). The zero-order chi connectivity index (χ0) is 15.3. The molecular formula is C12H17F3N2O3. The largest absolute Gasteiger partial charge is 0.471 e. The van der Waals surface area contributed by atoms with Crippen LogP contribution >= 0.6 is 0 Å². The van der Waals surface area contributed by atoms with Crippen molar-refractivity contribution in [1.82, 2.24) is 9.80 Å². The average molecular weight is 294 g/mol. The van der Waals surface area contributed by atoms with Gasteiger partial charge < -0.3 is 14.5 Å². The first-order valence-electron chi connectivity index (χ1n) is 6.35. The molecule has 2 saturated heterocycles. The van der Waals surface area contributed by atoms with E-state index >= 15 is 0 Å². The van der Waals surface area contributed by atoms with Crippen molar-refractivity contribution in [3.63, 3.8) is 0 Å². The Bertz CT molecular complexity index is 431. The summed E-state index contributed by atoms with van der Waals surface area (Å²) in [7, 11) is 0. The van der Waals surface area contributed by atoms with Gasteiger partial charge in [-0.05, 0) is 20.8 Å². The van der Waals surface area contributed by atoms with Crippen LogP contribution in [0.5, 0.6) is 0 Å². The molecule has 5 nitrogen and oxygen atoms in total. The Kier molecular flexibility index (Phi) is 3.38. The van der Waals surface area contributed by atoms with Crippen molar-refractivity contribution in [3.05, 3.63) is 0 Å². The highest BCUT2D eigenvalue weighted by Gasteiger charge is 2.55. The van der Waals surface area contributed by atoms with E-state index < -0.39 is 29.8 Å². The molecule has 2 aliphatic rings. The van der Waals surface area contributed by atoms with Gasteiger partial charge in [-0.2, -0.15) is 13.2 Å². The molecule has 0 aromatic heterocycles. The number of ether oxygens (including phenoxy) is 1. The minimum Gasteiger partial charge on any atom is -0.444 e. The first kappa shape index (κ1) is 14.9. The van der Waals surface area contributed by atoms with E-state index in [1.165, 1.54) is 4.90 Å². The predicted octanol–water partition coefficient (Wildman–Crippen LogP) is 1.63. The normalized spacial score (nSPS) is 26.1. The molecular weight excluding hydrogens is 277 g/mol. The molecule has 114 valence electrons. The number of alkyl halides is 3. The highest BCUT2D eigenvalue weighted by molar-refractivity contribution is 5.83. The van der Waals surface area contributed by atoms with Gasteiger partial charge in [0, 0.05) is 25.6 Å². The van der Waals surface area contributed by atoms with Gasteiger partial charge in [0.2, 0.25) is 0 Å². The van der Waals surface area contributed by atoms with Crippen LogP contribution in [-0.2, 0) is 9.53 Å². The Morgan fingerprint density at radius 3 is 2.20 bits per heavy atom. The number of fused-ring (bicyclic) bond motifs is 1. The summed E-state index contributed by atoms with van der Waals surface area (Å²) in [6, 6.07) is -0.545. The third kappa shape index (κ3) is 2.83. The Morgan fingerprint density at radius 2 is 1.70 bits per heavy atom. The molecule has 2 amide bonds. The van der Waals surface area contributed by atoms with Crippen LogP contribution in [0.4, 0.5) is 18.0 Å². The molecule has 0 aromatic rings. The van der Waals surface area contributed by atoms with Gasteiger partial charge in [-0.1, -0.05) is 0 Å². The summed E-state index contributed by atoms with van der Waals surface area (Å²) in [6.07, 6.45) is -5.41. The molecule has 0 aromatic carbocycles. The molecule has 8 heteroatoms. The molecule has 2 atom stereocenters. The quantitative estimate of drug-likeness (QED) is 0.682. The number of amides is 2. The van der Waals surface area contributed by atoms with Gasteiger partial charge in [0.05, 0.1) is 6.04 Å². The number of hydrogen-bond donors (Lipinski definition) is 0. The molecule has 0 saturated carbocycles. The highest BCUT2D eigenvalue weighted by Crippen LogP contribution is 2.36. The molecule has 0 unspecified atom stereocenters. The second-order valence-corrected chi connectivity index (χ2v) is 6.17. The zero-order valence-electron chi connectivity index (χ0n) is 11.5. The van der Waals surface area contributed by atoms with Gasteiger partial charge in [-0.25, -0.2) is 4.79 Å². The van der Waals surface area contributed by atoms with Crippen molar-refractivity contribution < 1.29 is 27.5 Å².